The lowest BCUT2D eigenvalue weighted by atomic mass is 10.2. The van der Waals surface area contributed by atoms with Crippen LogP contribution in [0.3, 0.4) is 0 Å². The average Bonchev–Trinajstić information content (AvgIpc) is 3.12. The topological polar surface area (TPSA) is 60.5 Å². The molecule has 0 atom stereocenters. The van der Waals surface area contributed by atoms with Crippen molar-refractivity contribution < 1.29 is 14.3 Å². The highest BCUT2D eigenvalue weighted by molar-refractivity contribution is 7.09. The van der Waals surface area contributed by atoms with Crippen molar-refractivity contribution in [2.45, 2.75) is 20.0 Å². The smallest absolute Gasteiger partial charge is 0.226 e. The molecular formula is C21H21ClN2O3S. The number of nitrogens with one attached hydrogen (secondary N) is 1. The molecule has 0 bridgehead atoms. The maximum Gasteiger partial charge on any atom is 0.226 e. The van der Waals surface area contributed by atoms with Crippen LogP contribution in [0.4, 0.5) is 0 Å². The molecule has 3 aromatic rings. The molecule has 0 fully saturated rings. The van der Waals surface area contributed by atoms with E-state index in [1.54, 1.807) is 12.1 Å². The summed E-state index contributed by atoms with van der Waals surface area (Å²) < 4.78 is 11.3. The minimum Gasteiger partial charge on any atom is -0.492 e. The van der Waals surface area contributed by atoms with Gasteiger partial charge in [-0.25, -0.2) is 4.98 Å². The Morgan fingerprint density at radius 3 is 2.75 bits per heavy atom. The SMILES string of the molecule is Cc1cccc(OCCNC(=O)Cc2csc(COc3ccc(Cl)cc3)n2)c1. The number of rotatable bonds is 9. The Bertz CT molecular complexity index is 912. The van der Waals surface area contributed by atoms with E-state index in [0.29, 0.717) is 24.8 Å². The predicted molar refractivity (Wildman–Crippen MR) is 111 cm³/mol. The van der Waals surface area contributed by atoms with Gasteiger partial charge in [-0.1, -0.05) is 23.7 Å². The van der Waals surface area contributed by atoms with Crippen molar-refractivity contribution >= 4 is 28.8 Å². The van der Waals surface area contributed by atoms with Crippen LogP contribution >= 0.6 is 22.9 Å². The second-order valence-corrected chi connectivity index (χ2v) is 7.55. The summed E-state index contributed by atoms with van der Waals surface area (Å²) in [6.07, 6.45) is 0.238. The van der Waals surface area contributed by atoms with Gasteiger partial charge in [0, 0.05) is 10.4 Å². The molecule has 0 aliphatic rings. The van der Waals surface area contributed by atoms with Crippen LogP contribution in [0.2, 0.25) is 5.02 Å². The van der Waals surface area contributed by atoms with Gasteiger partial charge in [0.25, 0.3) is 0 Å². The Balaban J connectivity index is 1.37. The lowest BCUT2D eigenvalue weighted by Crippen LogP contribution is -2.29. The van der Waals surface area contributed by atoms with E-state index in [-0.39, 0.29) is 12.3 Å². The highest BCUT2D eigenvalue weighted by atomic mass is 35.5. The Labute approximate surface area is 173 Å². The van der Waals surface area contributed by atoms with Gasteiger partial charge < -0.3 is 14.8 Å². The quantitative estimate of drug-likeness (QED) is 0.524. The fourth-order valence-electron chi connectivity index (χ4n) is 2.46. The van der Waals surface area contributed by atoms with Crippen molar-refractivity contribution in [2.75, 3.05) is 13.2 Å². The molecule has 1 N–H and O–H groups in total. The molecule has 7 heteroatoms. The molecular weight excluding hydrogens is 396 g/mol. The Morgan fingerprint density at radius 2 is 1.96 bits per heavy atom. The van der Waals surface area contributed by atoms with Crippen LogP contribution in [0, 0.1) is 6.92 Å². The van der Waals surface area contributed by atoms with Crippen molar-refractivity contribution in [3.05, 3.63) is 75.2 Å². The van der Waals surface area contributed by atoms with Gasteiger partial charge in [-0.3, -0.25) is 4.79 Å². The molecule has 28 heavy (non-hydrogen) atoms. The summed E-state index contributed by atoms with van der Waals surface area (Å²) in [5.74, 6) is 1.45. The monoisotopic (exact) mass is 416 g/mol. The number of carbonyl (C=O) groups excluding carboxylic acids is 1. The zero-order valence-electron chi connectivity index (χ0n) is 15.5. The molecule has 1 amide bonds. The van der Waals surface area contributed by atoms with Crippen molar-refractivity contribution in [2.24, 2.45) is 0 Å². The van der Waals surface area contributed by atoms with E-state index >= 15 is 0 Å². The number of nitrogens with zero attached hydrogens (tertiary/aromatic N) is 1. The summed E-state index contributed by atoms with van der Waals surface area (Å²) >= 11 is 7.33. The maximum absolute atomic E-state index is 12.1. The van der Waals surface area contributed by atoms with Crippen LogP contribution in [0.1, 0.15) is 16.3 Å². The van der Waals surface area contributed by atoms with Gasteiger partial charge in [0.1, 0.15) is 29.7 Å². The van der Waals surface area contributed by atoms with Gasteiger partial charge in [0.05, 0.1) is 18.7 Å². The van der Waals surface area contributed by atoms with Crippen LogP contribution in [0.15, 0.2) is 53.9 Å². The van der Waals surface area contributed by atoms with E-state index in [1.165, 1.54) is 11.3 Å². The van der Waals surface area contributed by atoms with E-state index in [0.717, 1.165) is 27.8 Å². The van der Waals surface area contributed by atoms with E-state index in [1.807, 2.05) is 48.7 Å². The molecule has 0 aliphatic carbocycles. The molecule has 0 aliphatic heterocycles. The molecule has 5 nitrogen and oxygen atoms in total. The van der Waals surface area contributed by atoms with Crippen LogP contribution in [0.5, 0.6) is 11.5 Å². The molecule has 3 rings (SSSR count). The number of thiazole rings is 1. The first-order chi connectivity index (χ1) is 13.6. The number of aryl methyl sites for hydroxylation is 1. The van der Waals surface area contributed by atoms with E-state index < -0.39 is 0 Å². The standard InChI is InChI=1S/C21H21ClN2O3S/c1-15-3-2-4-19(11-15)26-10-9-23-20(25)12-17-14-28-21(24-17)13-27-18-7-5-16(22)6-8-18/h2-8,11,14H,9-10,12-13H2,1H3,(H,23,25). The number of carbonyl (C=O) groups is 1. The van der Waals surface area contributed by atoms with E-state index in [9.17, 15) is 4.79 Å². The molecule has 0 unspecified atom stereocenters. The normalized spacial score (nSPS) is 10.5. The van der Waals surface area contributed by atoms with E-state index in [2.05, 4.69) is 10.3 Å². The molecule has 2 aromatic carbocycles. The van der Waals surface area contributed by atoms with Crippen LogP contribution < -0.4 is 14.8 Å². The van der Waals surface area contributed by atoms with Crippen molar-refractivity contribution in [3.63, 3.8) is 0 Å². The summed E-state index contributed by atoms with van der Waals surface area (Å²) in [5.41, 5.74) is 1.87. The molecule has 0 spiro atoms. The summed E-state index contributed by atoms with van der Waals surface area (Å²) in [6, 6.07) is 15.0. The first kappa shape index (κ1) is 20.2. The first-order valence-electron chi connectivity index (χ1n) is 8.86. The highest BCUT2D eigenvalue weighted by Gasteiger charge is 2.08. The number of halogens is 1. The molecule has 0 radical (unpaired) electrons. The minimum absolute atomic E-state index is 0.0803. The molecule has 0 saturated heterocycles. The van der Waals surface area contributed by atoms with Crippen LogP contribution in [0.25, 0.3) is 0 Å². The second kappa shape index (κ2) is 10.1. The maximum atomic E-state index is 12.1. The fraction of sp³-hybridized carbons (Fsp3) is 0.238. The summed E-state index contributed by atoms with van der Waals surface area (Å²) in [6.45, 7) is 3.24. The lowest BCUT2D eigenvalue weighted by molar-refractivity contribution is -0.120. The third kappa shape index (κ3) is 6.55. The van der Waals surface area contributed by atoms with Crippen LogP contribution in [-0.4, -0.2) is 24.0 Å². The summed E-state index contributed by atoms with van der Waals surface area (Å²) in [4.78, 5) is 16.5. The number of benzene rings is 2. The Kier molecular flexibility index (Phi) is 7.28. The van der Waals surface area contributed by atoms with Crippen molar-refractivity contribution in [3.8, 4) is 11.5 Å². The second-order valence-electron chi connectivity index (χ2n) is 6.17. The average molecular weight is 417 g/mol. The molecule has 0 saturated carbocycles. The van der Waals surface area contributed by atoms with E-state index in [4.69, 9.17) is 21.1 Å². The van der Waals surface area contributed by atoms with Gasteiger partial charge >= 0.3 is 0 Å². The Morgan fingerprint density at radius 1 is 1.14 bits per heavy atom. The van der Waals surface area contributed by atoms with Crippen molar-refractivity contribution in [1.82, 2.24) is 10.3 Å². The minimum atomic E-state index is -0.0803. The third-order valence-corrected chi connectivity index (χ3v) is 4.92. The van der Waals surface area contributed by atoms with Gasteiger partial charge in [-0.05, 0) is 48.9 Å². The van der Waals surface area contributed by atoms with Crippen LogP contribution in [-0.2, 0) is 17.8 Å². The zero-order valence-corrected chi connectivity index (χ0v) is 17.1. The van der Waals surface area contributed by atoms with Crippen molar-refractivity contribution in [1.29, 1.82) is 0 Å². The predicted octanol–water partition coefficient (Wildman–Crippen LogP) is 4.42. The lowest BCUT2D eigenvalue weighted by Gasteiger charge is -2.08. The van der Waals surface area contributed by atoms with Gasteiger partial charge in [0.15, 0.2) is 0 Å². The first-order valence-corrected chi connectivity index (χ1v) is 10.1. The fourth-order valence-corrected chi connectivity index (χ4v) is 3.29. The highest BCUT2D eigenvalue weighted by Crippen LogP contribution is 2.18. The number of amides is 1. The number of ether oxygens (including phenoxy) is 2. The van der Waals surface area contributed by atoms with Gasteiger partial charge in [-0.15, -0.1) is 11.3 Å². The summed E-state index contributed by atoms with van der Waals surface area (Å²) in [7, 11) is 0. The molecule has 1 heterocycles. The largest absolute Gasteiger partial charge is 0.492 e. The Hall–Kier alpha value is -2.57. The number of aromatic nitrogens is 1. The number of hydrogen-bond donors (Lipinski definition) is 1. The number of hydrogen-bond acceptors (Lipinski definition) is 5. The zero-order chi connectivity index (χ0) is 19.8. The van der Waals surface area contributed by atoms with Gasteiger partial charge in [0.2, 0.25) is 5.91 Å². The third-order valence-electron chi connectivity index (χ3n) is 3.80. The summed E-state index contributed by atoms with van der Waals surface area (Å²) in [5, 5.41) is 6.21. The van der Waals surface area contributed by atoms with Gasteiger partial charge in [-0.2, -0.15) is 0 Å². The molecule has 146 valence electrons. The molecule has 1 aromatic heterocycles.